The first-order chi connectivity index (χ1) is 13.6. The van der Waals surface area contributed by atoms with Gasteiger partial charge in [0.1, 0.15) is 12.0 Å². The molecule has 0 aliphatic heterocycles. The van der Waals surface area contributed by atoms with E-state index in [2.05, 4.69) is 20.3 Å². The van der Waals surface area contributed by atoms with E-state index in [1.807, 2.05) is 0 Å². The van der Waals surface area contributed by atoms with Crippen LogP contribution >= 0.6 is 11.6 Å². The topological polar surface area (TPSA) is 98.8 Å². The van der Waals surface area contributed by atoms with E-state index in [0.29, 0.717) is 5.56 Å². The van der Waals surface area contributed by atoms with Crippen molar-refractivity contribution in [3.63, 3.8) is 0 Å². The first-order valence-corrected chi connectivity index (χ1v) is 8.58. The third kappa shape index (κ3) is 4.45. The third-order valence-corrected chi connectivity index (χ3v) is 4.31. The zero-order chi connectivity index (χ0) is 21.3. The van der Waals surface area contributed by atoms with Gasteiger partial charge in [0.25, 0.3) is 0 Å². The van der Waals surface area contributed by atoms with Crippen molar-refractivity contribution in [1.82, 2.24) is 19.5 Å². The van der Waals surface area contributed by atoms with Crippen LogP contribution in [0.3, 0.4) is 0 Å². The van der Waals surface area contributed by atoms with E-state index in [1.54, 1.807) is 31.2 Å². The van der Waals surface area contributed by atoms with Gasteiger partial charge in [0.05, 0.1) is 11.0 Å². The minimum atomic E-state index is -4.53. The fraction of sp³-hybridized carbons (Fsp3) is 0.235. The molecular formula is C17H14ClF3N6O2. The van der Waals surface area contributed by atoms with E-state index in [9.17, 15) is 23.3 Å². The van der Waals surface area contributed by atoms with Crippen LogP contribution in [0.4, 0.5) is 24.7 Å². The van der Waals surface area contributed by atoms with Crippen LogP contribution in [0.1, 0.15) is 24.2 Å². The maximum Gasteiger partial charge on any atom is 0.434 e. The van der Waals surface area contributed by atoms with Crippen molar-refractivity contribution in [2.45, 2.75) is 19.1 Å². The van der Waals surface area contributed by atoms with Crippen molar-refractivity contribution in [2.24, 2.45) is 7.05 Å². The molecule has 1 atom stereocenters. The number of hydrogen-bond acceptors (Lipinski definition) is 6. The molecule has 0 radical (unpaired) electrons. The van der Waals surface area contributed by atoms with Gasteiger partial charge in [-0.2, -0.15) is 18.2 Å². The summed E-state index contributed by atoms with van der Waals surface area (Å²) in [6.07, 6.45) is -2.60. The highest BCUT2D eigenvalue weighted by Gasteiger charge is 2.34. The number of aryl methyl sites for hydroxylation is 1. The summed E-state index contributed by atoms with van der Waals surface area (Å²) in [6, 6.07) is 6.21. The van der Waals surface area contributed by atoms with Gasteiger partial charge in [0.15, 0.2) is 5.69 Å². The second-order valence-electron chi connectivity index (χ2n) is 6.18. The van der Waals surface area contributed by atoms with Gasteiger partial charge in [-0.3, -0.25) is 10.1 Å². The number of halogens is 4. The molecule has 152 valence electrons. The van der Waals surface area contributed by atoms with E-state index >= 15 is 0 Å². The van der Waals surface area contributed by atoms with Crippen LogP contribution in [0.15, 0.2) is 36.7 Å². The predicted molar refractivity (Wildman–Crippen MR) is 99.4 cm³/mol. The Morgan fingerprint density at radius 2 is 1.90 bits per heavy atom. The maximum absolute atomic E-state index is 12.8. The number of nitrogens with one attached hydrogen (secondary N) is 1. The van der Waals surface area contributed by atoms with Crippen molar-refractivity contribution in [3.05, 3.63) is 63.3 Å². The van der Waals surface area contributed by atoms with Gasteiger partial charge in [0, 0.05) is 18.8 Å². The quantitative estimate of drug-likeness (QED) is 0.363. The van der Waals surface area contributed by atoms with Crippen LogP contribution in [-0.2, 0) is 13.2 Å². The molecule has 3 aromatic rings. The Morgan fingerprint density at radius 1 is 1.24 bits per heavy atom. The lowest BCUT2D eigenvalue weighted by atomic mass is 10.1. The lowest BCUT2D eigenvalue weighted by Gasteiger charge is -2.15. The number of imidazole rings is 1. The van der Waals surface area contributed by atoms with Crippen LogP contribution in [-0.4, -0.2) is 24.4 Å². The molecule has 0 fully saturated rings. The smallest absolute Gasteiger partial charge is 0.358 e. The molecule has 0 bridgehead atoms. The summed E-state index contributed by atoms with van der Waals surface area (Å²) in [5, 5.41) is 13.9. The monoisotopic (exact) mass is 426 g/mol. The molecule has 0 saturated heterocycles. The summed E-state index contributed by atoms with van der Waals surface area (Å²) in [6.45, 7) is 1.75. The number of hydrogen-bond donors (Lipinski definition) is 1. The largest absolute Gasteiger partial charge is 0.434 e. The molecule has 3 rings (SSSR count). The molecule has 12 heteroatoms. The van der Waals surface area contributed by atoms with Crippen molar-refractivity contribution in [1.29, 1.82) is 0 Å². The zero-order valence-electron chi connectivity index (χ0n) is 15.1. The summed E-state index contributed by atoms with van der Waals surface area (Å²) in [7, 11) is 1.48. The van der Waals surface area contributed by atoms with Gasteiger partial charge >= 0.3 is 11.9 Å². The SMILES string of the molecule is CC(Nc1nc(Cl)ncc1[N+](=O)[O-])c1ccc(-c2nc(C(F)(F)F)cn2C)cc1. The summed E-state index contributed by atoms with van der Waals surface area (Å²) < 4.78 is 39.8. The highest BCUT2D eigenvalue weighted by Crippen LogP contribution is 2.31. The number of nitrogens with zero attached hydrogens (tertiary/aromatic N) is 5. The van der Waals surface area contributed by atoms with Crippen molar-refractivity contribution in [3.8, 4) is 11.4 Å². The molecule has 0 amide bonds. The van der Waals surface area contributed by atoms with Gasteiger partial charge < -0.3 is 9.88 Å². The lowest BCUT2D eigenvalue weighted by Crippen LogP contribution is -2.10. The van der Waals surface area contributed by atoms with E-state index in [-0.39, 0.29) is 22.6 Å². The van der Waals surface area contributed by atoms with Crippen LogP contribution in [0.5, 0.6) is 0 Å². The van der Waals surface area contributed by atoms with E-state index in [0.717, 1.165) is 18.0 Å². The summed E-state index contributed by atoms with van der Waals surface area (Å²) in [5.74, 6) is 0.133. The Bertz CT molecular complexity index is 1050. The van der Waals surface area contributed by atoms with Gasteiger partial charge in [0.2, 0.25) is 11.1 Å². The molecule has 0 aliphatic carbocycles. The second kappa shape index (κ2) is 7.66. The Balaban J connectivity index is 1.83. The number of rotatable bonds is 5. The Labute approximate surface area is 167 Å². The summed E-state index contributed by atoms with van der Waals surface area (Å²) in [5.41, 5.74) is -0.0781. The molecule has 0 spiro atoms. The number of nitro groups is 1. The Morgan fingerprint density at radius 3 is 2.45 bits per heavy atom. The zero-order valence-corrected chi connectivity index (χ0v) is 15.9. The molecular weight excluding hydrogens is 413 g/mol. The third-order valence-electron chi connectivity index (χ3n) is 4.13. The fourth-order valence-corrected chi connectivity index (χ4v) is 2.81. The first-order valence-electron chi connectivity index (χ1n) is 8.20. The fourth-order valence-electron chi connectivity index (χ4n) is 2.67. The van der Waals surface area contributed by atoms with Crippen molar-refractivity contribution in [2.75, 3.05) is 5.32 Å². The normalized spacial score (nSPS) is 12.6. The lowest BCUT2D eigenvalue weighted by molar-refractivity contribution is -0.384. The minimum Gasteiger partial charge on any atom is -0.358 e. The van der Waals surface area contributed by atoms with Gasteiger partial charge in [-0.25, -0.2) is 9.97 Å². The Kier molecular flexibility index (Phi) is 5.42. The maximum atomic E-state index is 12.8. The molecule has 1 unspecified atom stereocenters. The van der Waals surface area contributed by atoms with Crippen LogP contribution < -0.4 is 5.32 Å². The molecule has 29 heavy (non-hydrogen) atoms. The molecule has 2 heterocycles. The highest BCUT2D eigenvalue weighted by molar-refractivity contribution is 6.28. The highest BCUT2D eigenvalue weighted by atomic mass is 35.5. The van der Waals surface area contributed by atoms with Crippen molar-refractivity contribution < 1.29 is 18.1 Å². The minimum absolute atomic E-state index is 0.0366. The van der Waals surface area contributed by atoms with E-state index in [4.69, 9.17) is 11.6 Å². The summed E-state index contributed by atoms with van der Waals surface area (Å²) >= 11 is 5.71. The van der Waals surface area contributed by atoms with Gasteiger partial charge in [-0.1, -0.05) is 24.3 Å². The molecule has 2 aromatic heterocycles. The molecule has 1 aromatic carbocycles. The van der Waals surface area contributed by atoms with Crippen LogP contribution in [0.25, 0.3) is 11.4 Å². The molecule has 1 N–H and O–H groups in total. The second-order valence-corrected chi connectivity index (χ2v) is 6.51. The number of alkyl halides is 3. The average molecular weight is 427 g/mol. The van der Waals surface area contributed by atoms with Crippen LogP contribution in [0.2, 0.25) is 5.28 Å². The van der Waals surface area contributed by atoms with Crippen molar-refractivity contribution >= 4 is 23.1 Å². The first kappa shape index (κ1) is 20.5. The van der Waals surface area contributed by atoms with Crippen LogP contribution in [0, 0.1) is 10.1 Å². The average Bonchev–Trinajstić information content (AvgIpc) is 3.04. The Hall–Kier alpha value is -3.21. The van der Waals surface area contributed by atoms with Gasteiger partial charge in [-0.15, -0.1) is 0 Å². The van der Waals surface area contributed by atoms with E-state index < -0.39 is 22.8 Å². The van der Waals surface area contributed by atoms with Gasteiger partial charge in [-0.05, 0) is 24.1 Å². The number of benzene rings is 1. The molecule has 0 aliphatic rings. The number of anilines is 1. The number of aromatic nitrogens is 4. The molecule has 0 saturated carbocycles. The standard InChI is InChI=1S/C17H14ClF3N6O2/c1-9(23-14-12(27(28)29)7-22-16(18)25-14)10-3-5-11(6-4-10)15-24-13(8-26(15)2)17(19,20)21/h3-9H,1-2H3,(H,22,23,25). The predicted octanol–water partition coefficient (Wildman–Crippen LogP) is 4.63. The summed E-state index contributed by atoms with van der Waals surface area (Å²) in [4.78, 5) is 21.6. The van der Waals surface area contributed by atoms with E-state index in [1.165, 1.54) is 11.6 Å². The molecule has 8 nitrogen and oxygen atoms in total.